The van der Waals surface area contributed by atoms with Gasteiger partial charge in [-0.15, -0.1) is 0 Å². The zero-order valence-corrected chi connectivity index (χ0v) is 11.9. The first-order valence-electron chi connectivity index (χ1n) is 6.63. The maximum Gasteiger partial charge on any atom is 0.407 e. The summed E-state index contributed by atoms with van der Waals surface area (Å²) in [5.74, 6) is -0.0685. The van der Waals surface area contributed by atoms with Gasteiger partial charge in [0.2, 0.25) is 0 Å². The van der Waals surface area contributed by atoms with Crippen molar-refractivity contribution >= 4 is 12.1 Å². The zero-order chi connectivity index (χ0) is 14.8. The standard InChI is InChI=1S/C15H21NO4/c1-12(10-14(17)19-2)8-9-16-15(18)20-11-13-6-4-3-5-7-13/h3-7,12H,8-11H2,1-2H3,(H,16,18)/t12-/m0/s1. The molecule has 0 spiro atoms. The summed E-state index contributed by atoms with van der Waals surface area (Å²) in [5, 5.41) is 2.66. The molecule has 1 rings (SSSR count). The lowest BCUT2D eigenvalue weighted by atomic mass is 10.0. The Morgan fingerprint density at radius 2 is 1.95 bits per heavy atom. The number of rotatable bonds is 7. The van der Waals surface area contributed by atoms with Crippen LogP contribution in [-0.4, -0.2) is 25.7 Å². The number of nitrogens with one attached hydrogen (secondary N) is 1. The Bertz CT molecular complexity index is 419. The Hall–Kier alpha value is -2.04. The minimum absolute atomic E-state index is 0.164. The van der Waals surface area contributed by atoms with Gasteiger partial charge in [0.1, 0.15) is 6.61 Å². The second-order valence-electron chi connectivity index (χ2n) is 4.66. The van der Waals surface area contributed by atoms with Gasteiger partial charge in [-0.1, -0.05) is 37.3 Å². The van der Waals surface area contributed by atoms with Crippen molar-refractivity contribution in [2.24, 2.45) is 5.92 Å². The van der Waals surface area contributed by atoms with Gasteiger partial charge in [-0.25, -0.2) is 4.79 Å². The number of hydrogen-bond donors (Lipinski definition) is 1. The van der Waals surface area contributed by atoms with Crippen LogP contribution >= 0.6 is 0 Å². The summed E-state index contributed by atoms with van der Waals surface area (Å²) in [6.07, 6.45) is 0.617. The normalized spacial score (nSPS) is 11.5. The average molecular weight is 279 g/mol. The first kappa shape index (κ1) is 16.0. The highest BCUT2D eigenvalue weighted by atomic mass is 16.5. The van der Waals surface area contributed by atoms with E-state index in [1.54, 1.807) is 0 Å². The molecule has 5 heteroatoms. The predicted octanol–water partition coefficient (Wildman–Crippen LogP) is 2.50. The molecule has 0 aromatic heterocycles. The highest BCUT2D eigenvalue weighted by Gasteiger charge is 2.10. The SMILES string of the molecule is COC(=O)C[C@@H](C)CCNC(=O)OCc1ccccc1. The molecule has 0 saturated carbocycles. The summed E-state index contributed by atoms with van der Waals surface area (Å²) in [6, 6.07) is 9.49. The molecule has 0 unspecified atom stereocenters. The summed E-state index contributed by atoms with van der Waals surface area (Å²) in [5.41, 5.74) is 0.946. The van der Waals surface area contributed by atoms with Crippen LogP contribution in [0.15, 0.2) is 30.3 Å². The van der Waals surface area contributed by atoms with Gasteiger partial charge in [-0.3, -0.25) is 4.79 Å². The number of alkyl carbamates (subject to hydrolysis) is 1. The van der Waals surface area contributed by atoms with Crippen molar-refractivity contribution in [3.63, 3.8) is 0 Å². The van der Waals surface area contributed by atoms with Crippen molar-refractivity contribution < 1.29 is 19.1 Å². The van der Waals surface area contributed by atoms with Gasteiger partial charge < -0.3 is 14.8 Å². The van der Waals surface area contributed by atoms with Crippen molar-refractivity contribution in [2.75, 3.05) is 13.7 Å². The van der Waals surface area contributed by atoms with Crippen molar-refractivity contribution in [3.8, 4) is 0 Å². The zero-order valence-electron chi connectivity index (χ0n) is 11.9. The molecule has 0 bridgehead atoms. The van der Waals surface area contributed by atoms with E-state index in [1.165, 1.54) is 7.11 Å². The van der Waals surface area contributed by atoms with E-state index >= 15 is 0 Å². The topological polar surface area (TPSA) is 64.6 Å². The largest absolute Gasteiger partial charge is 0.469 e. The number of carbonyl (C=O) groups is 2. The van der Waals surface area contributed by atoms with Crippen LogP contribution in [0.1, 0.15) is 25.3 Å². The number of methoxy groups -OCH3 is 1. The Morgan fingerprint density at radius 3 is 2.60 bits per heavy atom. The number of amides is 1. The van der Waals surface area contributed by atoms with Gasteiger partial charge in [-0.05, 0) is 17.9 Å². The van der Waals surface area contributed by atoms with Gasteiger partial charge in [-0.2, -0.15) is 0 Å². The molecule has 1 aromatic rings. The lowest BCUT2D eigenvalue weighted by molar-refractivity contribution is -0.141. The second kappa shape index (κ2) is 8.96. The molecule has 0 aliphatic rings. The molecule has 110 valence electrons. The molecular weight excluding hydrogens is 258 g/mol. The third-order valence-corrected chi connectivity index (χ3v) is 2.86. The van der Waals surface area contributed by atoms with E-state index in [2.05, 4.69) is 10.1 Å². The molecular formula is C15H21NO4. The van der Waals surface area contributed by atoms with E-state index < -0.39 is 6.09 Å². The Labute approximate surface area is 119 Å². The highest BCUT2D eigenvalue weighted by molar-refractivity contribution is 5.69. The molecule has 1 atom stereocenters. The fourth-order valence-corrected chi connectivity index (χ4v) is 1.66. The lowest BCUT2D eigenvalue weighted by Gasteiger charge is -2.11. The quantitative estimate of drug-likeness (QED) is 0.779. The van der Waals surface area contributed by atoms with Gasteiger partial charge >= 0.3 is 12.1 Å². The summed E-state index contributed by atoms with van der Waals surface area (Å²) in [4.78, 5) is 22.5. The monoisotopic (exact) mass is 279 g/mol. The fourth-order valence-electron chi connectivity index (χ4n) is 1.66. The van der Waals surface area contributed by atoms with Crippen LogP contribution in [0.2, 0.25) is 0 Å². The van der Waals surface area contributed by atoms with Crippen molar-refractivity contribution in [2.45, 2.75) is 26.4 Å². The van der Waals surface area contributed by atoms with Crippen LogP contribution < -0.4 is 5.32 Å². The molecule has 0 saturated heterocycles. The maximum atomic E-state index is 11.5. The molecule has 0 fully saturated rings. The minimum atomic E-state index is -0.445. The predicted molar refractivity (Wildman–Crippen MR) is 75.0 cm³/mol. The smallest absolute Gasteiger partial charge is 0.407 e. The first-order chi connectivity index (χ1) is 9.61. The number of esters is 1. The summed E-state index contributed by atoms with van der Waals surface area (Å²) in [6.45, 7) is 2.67. The van der Waals surface area contributed by atoms with Crippen LogP contribution in [-0.2, 0) is 20.9 Å². The van der Waals surface area contributed by atoms with Crippen LogP contribution in [0, 0.1) is 5.92 Å². The summed E-state index contributed by atoms with van der Waals surface area (Å²) in [7, 11) is 1.37. The van der Waals surface area contributed by atoms with Gasteiger partial charge in [0, 0.05) is 13.0 Å². The Kier molecular flexibility index (Phi) is 7.17. The molecule has 20 heavy (non-hydrogen) atoms. The second-order valence-corrected chi connectivity index (χ2v) is 4.66. The molecule has 0 aliphatic heterocycles. The van der Waals surface area contributed by atoms with Gasteiger partial charge in [0.15, 0.2) is 0 Å². The third-order valence-electron chi connectivity index (χ3n) is 2.86. The molecule has 5 nitrogen and oxygen atoms in total. The van der Waals surface area contributed by atoms with E-state index in [9.17, 15) is 9.59 Å². The molecule has 1 amide bonds. The van der Waals surface area contributed by atoms with E-state index in [1.807, 2.05) is 37.3 Å². The maximum absolute atomic E-state index is 11.5. The lowest BCUT2D eigenvalue weighted by Crippen LogP contribution is -2.26. The van der Waals surface area contributed by atoms with E-state index in [0.29, 0.717) is 19.4 Å². The van der Waals surface area contributed by atoms with Gasteiger partial charge in [0.25, 0.3) is 0 Å². The van der Waals surface area contributed by atoms with Crippen LogP contribution in [0.3, 0.4) is 0 Å². The molecule has 0 radical (unpaired) electrons. The van der Waals surface area contributed by atoms with Crippen molar-refractivity contribution in [1.29, 1.82) is 0 Å². The molecule has 1 N–H and O–H groups in total. The Morgan fingerprint density at radius 1 is 1.25 bits per heavy atom. The van der Waals surface area contributed by atoms with Crippen LogP contribution in [0.4, 0.5) is 4.79 Å². The van der Waals surface area contributed by atoms with E-state index in [4.69, 9.17) is 4.74 Å². The number of hydrogen-bond acceptors (Lipinski definition) is 4. The van der Waals surface area contributed by atoms with Crippen molar-refractivity contribution in [1.82, 2.24) is 5.32 Å². The third kappa shape index (κ3) is 6.78. The van der Waals surface area contributed by atoms with Gasteiger partial charge in [0.05, 0.1) is 7.11 Å². The van der Waals surface area contributed by atoms with Crippen LogP contribution in [0.25, 0.3) is 0 Å². The van der Waals surface area contributed by atoms with Crippen LogP contribution in [0.5, 0.6) is 0 Å². The fraction of sp³-hybridized carbons (Fsp3) is 0.467. The van der Waals surface area contributed by atoms with Crippen molar-refractivity contribution in [3.05, 3.63) is 35.9 Å². The average Bonchev–Trinajstić information content (AvgIpc) is 2.46. The van der Waals surface area contributed by atoms with E-state index in [-0.39, 0.29) is 18.5 Å². The molecule has 0 heterocycles. The number of benzene rings is 1. The number of ether oxygens (including phenoxy) is 2. The number of carbonyl (C=O) groups excluding carboxylic acids is 2. The molecule has 1 aromatic carbocycles. The minimum Gasteiger partial charge on any atom is -0.469 e. The first-order valence-corrected chi connectivity index (χ1v) is 6.63. The Balaban J connectivity index is 2.12. The van der Waals surface area contributed by atoms with E-state index in [0.717, 1.165) is 5.56 Å². The summed E-state index contributed by atoms with van der Waals surface area (Å²) < 4.78 is 9.66. The molecule has 0 aliphatic carbocycles. The highest BCUT2D eigenvalue weighted by Crippen LogP contribution is 2.07. The summed E-state index contributed by atoms with van der Waals surface area (Å²) >= 11 is 0.